The predicted octanol–water partition coefficient (Wildman–Crippen LogP) is 2.55. The molecule has 3 rings (SSSR count). The summed E-state index contributed by atoms with van der Waals surface area (Å²) in [6.45, 7) is 2.92. The van der Waals surface area contributed by atoms with E-state index in [9.17, 15) is 27.6 Å². The first-order valence-electron chi connectivity index (χ1n) is 10.8. The summed E-state index contributed by atoms with van der Waals surface area (Å²) < 4.78 is 38.9. The van der Waals surface area contributed by atoms with Crippen LogP contribution in [0.15, 0.2) is 42.5 Å². The van der Waals surface area contributed by atoms with Crippen LogP contribution in [0.25, 0.3) is 0 Å². The van der Waals surface area contributed by atoms with Gasteiger partial charge in [-0.1, -0.05) is 11.6 Å². The first-order chi connectivity index (χ1) is 17.0. The maximum atomic E-state index is 13.0. The molecule has 0 radical (unpaired) electrons. The number of anilines is 3. The highest BCUT2D eigenvalue weighted by Gasteiger charge is 2.33. The molecule has 0 saturated carbocycles. The molecule has 1 saturated heterocycles. The molecule has 6 N–H and O–H groups in total. The smallest absolute Gasteiger partial charge is 0.325 e. The van der Waals surface area contributed by atoms with Crippen LogP contribution in [0.1, 0.15) is 5.56 Å². The third-order valence-corrected chi connectivity index (χ3v) is 5.65. The molecule has 0 atom stereocenters. The first-order valence-corrected chi connectivity index (χ1v) is 11.2. The largest absolute Gasteiger partial charge is 0.417 e. The Labute approximate surface area is 209 Å². The second kappa shape index (κ2) is 12.0. The molecule has 0 aromatic heterocycles. The van der Waals surface area contributed by atoms with Gasteiger partial charge in [-0.25, -0.2) is 10.6 Å². The third kappa shape index (κ3) is 8.09. The molecular weight excluding hydrogens is 503 g/mol. The van der Waals surface area contributed by atoms with E-state index in [4.69, 9.17) is 17.4 Å². The third-order valence-electron chi connectivity index (χ3n) is 5.32. The van der Waals surface area contributed by atoms with Crippen LogP contribution in [0.3, 0.4) is 0 Å². The van der Waals surface area contributed by atoms with Crippen molar-refractivity contribution in [1.82, 2.24) is 15.2 Å². The molecule has 0 unspecified atom stereocenters. The number of urea groups is 1. The molecule has 0 bridgehead atoms. The van der Waals surface area contributed by atoms with Crippen molar-refractivity contribution >= 4 is 46.5 Å². The standard InChI is InChI=1S/C22H25ClF3N7O3/c23-18-6-5-16(11-17(18)22(24,25)26)30-21(36)29-15-3-1-14(2-4-15)28-19(34)12-32-7-9-33(10-8-32)13-20(35)31-27/h1-6,11H,7-10,12-13,27H2,(H,28,34)(H,31,35)(H2,29,30,36). The number of rotatable bonds is 7. The Balaban J connectivity index is 1.45. The van der Waals surface area contributed by atoms with Crippen molar-refractivity contribution in [3.8, 4) is 0 Å². The zero-order chi connectivity index (χ0) is 26.3. The first kappa shape index (κ1) is 27.2. The normalized spacial score (nSPS) is 14.7. The number of halogens is 4. The molecule has 2 aromatic rings. The molecule has 10 nitrogen and oxygen atoms in total. The Morgan fingerprint density at radius 1 is 0.806 bits per heavy atom. The van der Waals surface area contributed by atoms with Gasteiger partial charge in [0.2, 0.25) is 11.8 Å². The number of alkyl halides is 3. The molecular formula is C22H25ClF3N7O3. The molecule has 14 heteroatoms. The van der Waals surface area contributed by atoms with Gasteiger partial charge in [0, 0.05) is 43.2 Å². The van der Waals surface area contributed by atoms with Gasteiger partial charge in [0.15, 0.2) is 0 Å². The van der Waals surface area contributed by atoms with Crippen molar-refractivity contribution < 1.29 is 27.6 Å². The van der Waals surface area contributed by atoms with Crippen LogP contribution in [-0.4, -0.2) is 66.9 Å². The van der Waals surface area contributed by atoms with Gasteiger partial charge in [-0.15, -0.1) is 0 Å². The molecule has 0 spiro atoms. The number of hydrogen-bond donors (Lipinski definition) is 5. The van der Waals surface area contributed by atoms with Gasteiger partial charge < -0.3 is 16.0 Å². The number of nitrogens with two attached hydrogens (primary N) is 1. The van der Waals surface area contributed by atoms with E-state index in [1.54, 1.807) is 24.3 Å². The van der Waals surface area contributed by atoms with Crippen molar-refractivity contribution in [3.05, 3.63) is 53.1 Å². The Morgan fingerprint density at radius 3 is 1.81 bits per heavy atom. The van der Waals surface area contributed by atoms with E-state index in [0.29, 0.717) is 37.6 Å². The van der Waals surface area contributed by atoms with Crippen LogP contribution in [0, 0.1) is 0 Å². The van der Waals surface area contributed by atoms with Crippen LogP contribution in [0.4, 0.5) is 35.0 Å². The number of nitrogens with zero attached hydrogens (tertiary/aromatic N) is 2. The SMILES string of the molecule is NNC(=O)CN1CCN(CC(=O)Nc2ccc(NC(=O)Nc3ccc(Cl)c(C(F)(F)F)c3)cc2)CC1. The van der Waals surface area contributed by atoms with Gasteiger partial charge in [-0.2, -0.15) is 13.2 Å². The zero-order valence-corrected chi connectivity index (χ0v) is 19.7. The molecule has 1 aliphatic rings. The highest BCUT2D eigenvalue weighted by Crippen LogP contribution is 2.36. The summed E-state index contributed by atoms with van der Waals surface area (Å²) in [7, 11) is 0. The van der Waals surface area contributed by atoms with Crippen LogP contribution in [0.5, 0.6) is 0 Å². The number of piperazine rings is 1. The number of nitrogens with one attached hydrogen (secondary N) is 4. The van der Waals surface area contributed by atoms with Crippen LogP contribution < -0.4 is 27.2 Å². The number of carbonyl (C=O) groups is 3. The lowest BCUT2D eigenvalue weighted by atomic mass is 10.2. The Morgan fingerprint density at radius 2 is 1.28 bits per heavy atom. The Bertz CT molecular complexity index is 1090. The summed E-state index contributed by atoms with van der Waals surface area (Å²) in [4.78, 5) is 39.8. The monoisotopic (exact) mass is 527 g/mol. The van der Waals surface area contributed by atoms with Gasteiger partial charge in [-0.05, 0) is 42.5 Å². The Hall–Kier alpha value is -3.39. The lowest BCUT2D eigenvalue weighted by molar-refractivity contribution is -0.137. The van der Waals surface area contributed by atoms with E-state index < -0.39 is 22.8 Å². The van der Waals surface area contributed by atoms with Crippen LogP contribution in [-0.2, 0) is 15.8 Å². The highest BCUT2D eigenvalue weighted by atomic mass is 35.5. The minimum atomic E-state index is -4.65. The van der Waals surface area contributed by atoms with Crippen LogP contribution >= 0.6 is 11.6 Å². The van der Waals surface area contributed by atoms with E-state index in [1.807, 2.05) is 9.80 Å². The number of hydrogen-bond acceptors (Lipinski definition) is 6. The lowest BCUT2D eigenvalue weighted by Crippen LogP contribution is -2.51. The van der Waals surface area contributed by atoms with Gasteiger partial charge in [0.25, 0.3) is 0 Å². The minimum absolute atomic E-state index is 0.0726. The molecule has 194 valence electrons. The van der Waals surface area contributed by atoms with Gasteiger partial charge >= 0.3 is 12.2 Å². The summed E-state index contributed by atoms with van der Waals surface area (Å²) in [5.41, 5.74) is 1.84. The summed E-state index contributed by atoms with van der Waals surface area (Å²) in [5.74, 6) is 4.61. The highest BCUT2D eigenvalue weighted by molar-refractivity contribution is 6.31. The fraction of sp³-hybridized carbons (Fsp3) is 0.318. The summed E-state index contributed by atoms with van der Waals surface area (Å²) in [6.07, 6.45) is -4.65. The number of benzene rings is 2. The minimum Gasteiger partial charge on any atom is -0.325 e. The molecule has 1 heterocycles. The van der Waals surface area contributed by atoms with E-state index in [-0.39, 0.29) is 30.6 Å². The van der Waals surface area contributed by atoms with E-state index in [0.717, 1.165) is 12.1 Å². The predicted molar refractivity (Wildman–Crippen MR) is 129 cm³/mol. The average molecular weight is 528 g/mol. The lowest BCUT2D eigenvalue weighted by Gasteiger charge is -2.33. The van der Waals surface area contributed by atoms with Crippen molar-refractivity contribution in [2.45, 2.75) is 6.18 Å². The van der Waals surface area contributed by atoms with Crippen LogP contribution in [0.2, 0.25) is 5.02 Å². The van der Waals surface area contributed by atoms with E-state index in [1.165, 1.54) is 6.07 Å². The second-order valence-corrected chi connectivity index (χ2v) is 8.42. The summed E-state index contributed by atoms with van der Waals surface area (Å²) in [6, 6.07) is 8.56. The van der Waals surface area contributed by atoms with Gasteiger partial charge in [0.1, 0.15) is 0 Å². The van der Waals surface area contributed by atoms with Gasteiger partial charge in [-0.3, -0.25) is 24.8 Å². The van der Waals surface area contributed by atoms with E-state index in [2.05, 4.69) is 21.4 Å². The van der Waals surface area contributed by atoms with Crippen molar-refractivity contribution in [2.75, 3.05) is 55.2 Å². The molecule has 1 aliphatic heterocycles. The van der Waals surface area contributed by atoms with Crippen molar-refractivity contribution in [3.63, 3.8) is 0 Å². The topological polar surface area (TPSA) is 132 Å². The number of amides is 4. The van der Waals surface area contributed by atoms with Gasteiger partial charge in [0.05, 0.1) is 23.7 Å². The molecule has 2 aromatic carbocycles. The van der Waals surface area contributed by atoms with Crippen molar-refractivity contribution in [1.29, 1.82) is 0 Å². The molecule has 1 fully saturated rings. The molecule has 0 aliphatic carbocycles. The number of carbonyl (C=O) groups excluding carboxylic acids is 3. The fourth-order valence-corrected chi connectivity index (χ4v) is 3.73. The van der Waals surface area contributed by atoms with E-state index >= 15 is 0 Å². The zero-order valence-electron chi connectivity index (χ0n) is 19.0. The molecule has 4 amide bonds. The number of hydrazine groups is 1. The summed E-state index contributed by atoms with van der Waals surface area (Å²) in [5, 5.41) is 7.13. The quantitative estimate of drug-likeness (QED) is 0.214. The maximum absolute atomic E-state index is 13.0. The summed E-state index contributed by atoms with van der Waals surface area (Å²) >= 11 is 5.58. The molecule has 36 heavy (non-hydrogen) atoms. The Kier molecular flexibility index (Phi) is 9.09. The average Bonchev–Trinajstić information content (AvgIpc) is 2.82. The second-order valence-electron chi connectivity index (χ2n) is 8.02. The van der Waals surface area contributed by atoms with Crippen molar-refractivity contribution in [2.24, 2.45) is 5.84 Å². The maximum Gasteiger partial charge on any atom is 0.417 e. The fourth-order valence-electron chi connectivity index (χ4n) is 3.51.